The van der Waals surface area contributed by atoms with E-state index in [1.807, 2.05) is 0 Å². The third kappa shape index (κ3) is 3.79. The summed E-state index contributed by atoms with van der Waals surface area (Å²) in [4.78, 5) is 20.1. The number of alkyl halides is 3. The summed E-state index contributed by atoms with van der Waals surface area (Å²) in [6.07, 6.45) is -1.26. The van der Waals surface area contributed by atoms with Gasteiger partial charge in [-0.25, -0.2) is 4.98 Å². The van der Waals surface area contributed by atoms with Crippen LogP contribution in [0.4, 0.5) is 13.2 Å². The van der Waals surface area contributed by atoms with Gasteiger partial charge in [0.25, 0.3) is 0 Å². The van der Waals surface area contributed by atoms with Crippen molar-refractivity contribution in [3.05, 3.63) is 45.1 Å². The molecule has 1 aliphatic carbocycles. The van der Waals surface area contributed by atoms with Crippen molar-refractivity contribution in [2.24, 2.45) is 0 Å². The van der Waals surface area contributed by atoms with Crippen molar-refractivity contribution in [3.63, 3.8) is 0 Å². The van der Waals surface area contributed by atoms with Gasteiger partial charge in [-0.2, -0.15) is 13.2 Å². The number of thiazole rings is 1. The number of pyridine rings is 1. The van der Waals surface area contributed by atoms with E-state index in [1.165, 1.54) is 35.9 Å². The van der Waals surface area contributed by atoms with Gasteiger partial charge in [0.05, 0.1) is 24.4 Å². The molecule has 2 aromatic heterocycles. The van der Waals surface area contributed by atoms with E-state index in [1.54, 1.807) is 6.92 Å². The number of rotatable bonds is 5. The maximum atomic E-state index is 13.1. The Morgan fingerprint density at radius 2 is 2.08 bits per heavy atom. The first kappa shape index (κ1) is 18.1. The van der Waals surface area contributed by atoms with E-state index in [2.05, 4.69) is 15.3 Å². The van der Waals surface area contributed by atoms with Gasteiger partial charge < -0.3 is 5.32 Å². The molecular weight excluding hydrogens is 375 g/mol. The molecule has 25 heavy (non-hydrogen) atoms. The zero-order valence-electron chi connectivity index (χ0n) is 13.2. The molecule has 0 saturated heterocycles. The monoisotopic (exact) mass is 389 g/mol. The SMILES string of the molecule is C[C@@H](NC(=O)Cc1ccc(C2(C(F)(F)F)CC2)nc1)c1ncc(Cl)s1. The summed E-state index contributed by atoms with van der Waals surface area (Å²) in [6.45, 7) is 1.79. The van der Waals surface area contributed by atoms with E-state index in [-0.39, 0.29) is 36.9 Å². The van der Waals surface area contributed by atoms with Gasteiger partial charge in [0.1, 0.15) is 14.8 Å². The summed E-state index contributed by atoms with van der Waals surface area (Å²) in [6, 6.07) is 2.60. The van der Waals surface area contributed by atoms with Crippen LogP contribution in [-0.2, 0) is 16.6 Å². The Morgan fingerprint density at radius 3 is 2.56 bits per heavy atom. The number of aromatic nitrogens is 2. The quantitative estimate of drug-likeness (QED) is 0.833. The van der Waals surface area contributed by atoms with Crippen molar-refractivity contribution in [3.8, 4) is 0 Å². The lowest BCUT2D eigenvalue weighted by Gasteiger charge is -2.18. The van der Waals surface area contributed by atoms with Crippen LogP contribution in [-0.4, -0.2) is 22.1 Å². The second kappa shape index (κ2) is 6.57. The van der Waals surface area contributed by atoms with Gasteiger partial charge in [-0.3, -0.25) is 9.78 Å². The third-order valence-corrected chi connectivity index (χ3v) is 5.51. The van der Waals surface area contributed by atoms with Crippen molar-refractivity contribution in [2.45, 2.75) is 43.8 Å². The molecule has 1 fully saturated rings. The van der Waals surface area contributed by atoms with Gasteiger partial charge in [0.15, 0.2) is 0 Å². The molecule has 4 nitrogen and oxygen atoms in total. The highest BCUT2D eigenvalue weighted by molar-refractivity contribution is 7.15. The summed E-state index contributed by atoms with van der Waals surface area (Å²) in [5.74, 6) is -0.259. The lowest BCUT2D eigenvalue weighted by molar-refractivity contribution is -0.161. The maximum Gasteiger partial charge on any atom is 0.399 e. The fraction of sp³-hybridized carbons (Fsp3) is 0.438. The molecule has 0 aromatic carbocycles. The minimum absolute atomic E-state index is 0.0231. The first-order valence-electron chi connectivity index (χ1n) is 7.64. The number of carbonyl (C=O) groups excluding carboxylic acids is 1. The van der Waals surface area contributed by atoms with E-state index in [0.717, 1.165) is 0 Å². The van der Waals surface area contributed by atoms with Gasteiger partial charge in [0, 0.05) is 6.20 Å². The highest BCUT2D eigenvalue weighted by atomic mass is 35.5. The number of hydrogen-bond donors (Lipinski definition) is 1. The van der Waals surface area contributed by atoms with Crippen molar-refractivity contribution < 1.29 is 18.0 Å². The van der Waals surface area contributed by atoms with Gasteiger partial charge in [-0.15, -0.1) is 11.3 Å². The zero-order valence-corrected chi connectivity index (χ0v) is 14.8. The molecule has 134 valence electrons. The second-order valence-corrected chi connectivity index (χ2v) is 7.79. The number of hydrogen-bond acceptors (Lipinski definition) is 4. The molecule has 3 rings (SSSR count). The van der Waals surface area contributed by atoms with Crippen LogP contribution < -0.4 is 5.32 Å². The van der Waals surface area contributed by atoms with Crippen LogP contribution in [0.3, 0.4) is 0 Å². The van der Waals surface area contributed by atoms with Crippen LogP contribution in [0.25, 0.3) is 0 Å². The molecule has 0 spiro atoms. The molecule has 0 radical (unpaired) electrons. The van der Waals surface area contributed by atoms with E-state index < -0.39 is 11.6 Å². The lowest BCUT2D eigenvalue weighted by atomic mass is 10.0. The molecule has 1 saturated carbocycles. The van der Waals surface area contributed by atoms with E-state index in [0.29, 0.717) is 14.9 Å². The van der Waals surface area contributed by atoms with Crippen LogP contribution in [0.2, 0.25) is 4.34 Å². The second-order valence-electron chi connectivity index (χ2n) is 6.10. The zero-order chi connectivity index (χ0) is 18.2. The minimum Gasteiger partial charge on any atom is -0.347 e. The fourth-order valence-electron chi connectivity index (χ4n) is 2.63. The molecule has 1 amide bonds. The Hall–Kier alpha value is -1.67. The van der Waals surface area contributed by atoms with Crippen molar-refractivity contribution in [1.82, 2.24) is 15.3 Å². The average molecular weight is 390 g/mol. The smallest absolute Gasteiger partial charge is 0.347 e. The lowest BCUT2D eigenvalue weighted by Crippen LogP contribution is -2.30. The largest absolute Gasteiger partial charge is 0.399 e. The van der Waals surface area contributed by atoms with E-state index >= 15 is 0 Å². The standard InChI is InChI=1S/C16H15ClF3N3OS/c1-9(14-22-8-12(17)25-14)23-13(24)6-10-2-3-11(21-7-10)15(4-5-15)16(18,19)20/h2-3,7-9H,4-6H2,1H3,(H,23,24)/t9-/m1/s1. The molecule has 1 atom stereocenters. The highest BCUT2D eigenvalue weighted by Gasteiger charge is 2.65. The molecule has 0 bridgehead atoms. The highest BCUT2D eigenvalue weighted by Crippen LogP contribution is 2.58. The summed E-state index contributed by atoms with van der Waals surface area (Å²) in [5.41, 5.74) is -1.22. The molecule has 0 unspecified atom stereocenters. The predicted molar refractivity (Wildman–Crippen MR) is 88.6 cm³/mol. The molecule has 1 aliphatic rings. The van der Waals surface area contributed by atoms with Gasteiger partial charge in [-0.05, 0) is 31.4 Å². The van der Waals surface area contributed by atoms with Gasteiger partial charge >= 0.3 is 6.18 Å². The predicted octanol–water partition coefficient (Wildman–Crippen LogP) is 4.21. The normalized spacial score (nSPS) is 17.2. The summed E-state index contributed by atoms with van der Waals surface area (Å²) in [5, 5.41) is 3.47. The van der Waals surface area contributed by atoms with Crippen LogP contribution >= 0.6 is 22.9 Å². The third-order valence-electron chi connectivity index (χ3n) is 4.22. The van der Waals surface area contributed by atoms with Crippen molar-refractivity contribution in [1.29, 1.82) is 0 Å². The summed E-state index contributed by atoms with van der Waals surface area (Å²) in [7, 11) is 0. The van der Waals surface area contributed by atoms with Crippen molar-refractivity contribution >= 4 is 28.8 Å². The average Bonchev–Trinajstić information content (AvgIpc) is 3.24. The number of carbonyl (C=O) groups is 1. The molecule has 1 N–H and O–H groups in total. The van der Waals surface area contributed by atoms with E-state index in [9.17, 15) is 18.0 Å². The van der Waals surface area contributed by atoms with Crippen LogP contribution in [0.5, 0.6) is 0 Å². The summed E-state index contributed by atoms with van der Waals surface area (Å²) >= 11 is 7.09. The molecule has 2 heterocycles. The molecule has 9 heteroatoms. The molecule has 0 aliphatic heterocycles. The Labute approximate surface area is 151 Å². The van der Waals surface area contributed by atoms with Gasteiger partial charge in [0.2, 0.25) is 5.91 Å². The minimum atomic E-state index is -4.29. The topological polar surface area (TPSA) is 54.9 Å². The van der Waals surface area contributed by atoms with E-state index in [4.69, 9.17) is 11.6 Å². The number of nitrogens with one attached hydrogen (secondary N) is 1. The van der Waals surface area contributed by atoms with Crippen LogP contribution in [0.1, 0.15) is 42.1 Å². The Bertz CT molecular complexity index is 772. The Morgan fingerprint density at radius 1 is 1.36 bits per heavy atom. The molecular formula is C16H15ClF3N3OS. The first-order valence-corrected chi connectivity index (χ1v) is 8.83. The van der Waals surface area contributed by atoms with Crippen LogP contribution in [0, 0.1) is 0 Å². The molecule has 2 aromatic rings. The maximum absolute atomic E-state index is 13.1. The number of amides is 1. The fourth-order valence-corrected chi connectivity index (χ4v) is 3.56. The number of nitrogens with zero attached hydrogens (tertiary/aromatic N) is 2. The summed E-state index contributed by atoms with van der Waals surface area (Å²) < 4.78 is 39.8. The van der Waals surface area contributed by atoms with Gasteiger partial charge in [-0.1, -0.05) is 17.7 Å². The Kier molecular flexibility index (Phi) is 4.76. The van der Waals surface area contributed by atoms with Crippen LogP contribution in [0.15, 0.2) is 24.5 Å². The Balaban J connectivity index is 1.61. The number of halogens is 4. The van der Waals surface area contributed by atoms with Crippen molar-refractivity contribution in [2.75, 3.05) is 0 Å². The first-order chi connectivity index (χ1) is 11.7.